The number of fused-ring (bicyclic) bond motifs is 2. The molecule has 0 bridgehead atoms. The van der Waals surface area contributed by atoms with Crippen molar-refractivity contribution >= 4 is 27.4 Å². The Hall–Kier alpha value is -1.41. The van der Waals surface area contributed by atoms with E-state index >= 15 is 0 Å². The first-order chi connectivity index (χ1) is 12.8. The zero-order valence-corrected chi connectivity index (χ0v) is 16.5. The van der Waals surface area contributed by atoms with Crippen LogP contribution in [0.3, 0.4) is 0 Å². The summed E-state index contributed by atoms with van der Waals surface area (Å²) in [6.45, 7) is 9.75. The SMILES string of the molecule is CC(C)CN1CC[C@H]2CN(c3ncnc4sc(CC(F)(F)F)cc34)C[C@H]2C1. The van der Waals surface area contributed by atoms with Crippen molar-refractivity contribution in [2.75, 3.05) is 37.6 Å². The maximum absolute atomic E-state index is 12.8. The van der Waals surface area contributed by atoms with E-state index in [0.29, 0.717) is 27.5 Å². The lowest BCUT2D eigenvalue weighted by Crippen LogP contribution is -2.41. The Labute approximate surface area is 161 Å². The summed E-state index contributed by atoms with van der Waals surface area (Å²) < 4.78 is 38.3. The Bertz CT molecular complexity index is 804. The van der Waals surface area contributed by atoms with Gasteiger partial charge in [0.05, 0.1) is 11.8 Å². The van der Waals surface area contributed by atoms with E-state index in [9.17, 15) is 13.2 Å². The average molecular weight is 398 g/mol. The average Bonchev–Trinajstić information content (AvgIpc) is 3.14. The van der Waals surface area contributed by atoms with E-state index in [1.165, 1.54) is 12.7 Å². The molecule has 2 fully saturated rings. The summed E-state index contributed by atoms with van der Waals surface area (Å²) >= 11 is 1.12. The highest BCUT2D eigenvalue weighted by molar-refractivity contribution is 7.18. The summed E-state index contributed by atoms with van der Waals surface area (Å²) in [5.41, 5.74) is 0. The van der Waals surface area contributed by atoms with Crippen molar-refractivity contribution in [3.8, 4) is 0 Å². The van der Waals surface area contributed by atoms with Crippen molar-refractivity contribution in [2.45, 2.75) is 32.9 Å². The van der Waals surface area contributed by atoms with Gasteiger partial charge in [-0.2, -0.15) is 13.2 Å². The lowest BCUT2D eigenvalue weighted by Gasteiger charge is -2.35. The minimum atomic E-state index is -4.20. The van der Waals surface area contributed by atoms with Crippen LogP contribution < -0.4 is 4.90 Å². The fraction of sp³-hybridized carbons (Fsp3) is 0.684. The Morgan fingerprint density at radius 1 is 1.19 bits per heavy atom. The van der Waals surface area contributed by atoms with Crippen LogP contribution in [0.2, 0.25) is 0 Å². The van der Waals surface area contributed by atoms with Gasteiger partial charge in [-0.3, -0.25) is 0 Å². The van der Waals surface area contributed by atoms with E-state index in [-0.39, 0.29) is 0 Å². The molecule has 2 saturated heterocycles. The molecule has 4 heterocycles. The smallest absolute Gasteiger partial charge is 0.355 e. The molecule has 2 atom stereocenters. The predicted octanol–water partition coefficient (Wildman–Crippen LogP) is 4.21. The molecule has 2 aliphatic heterocycles. The minimum absolute atomic E-state index is 0.305. The molecule has 0 aliphatic carbocycles. The van der Waals surface area contributed by atoms with Gasteiger partial charge in [-0.05, 0) is 36.8 Å². The topological polar surface area (TPSA) is 32.3 Å². The van der Waals surface area contributed by atoms with Crippen LogP contribution in [0.4, 0.5) is 19.0 Å². The number of nitrogens with zero attached hydrogens (tertiary/aromatic N) is 4. The molecule has 0 spiro atoms. The quantitative estimate of drug-likeness (QED) is 0.772. The number of anilines is 1. The van der Waals surface area contributed by atoms with Gasteiger partial charge in [0.15, 0.2) is 0 Å². The van der Waals surface area contributed by atoms with Crippen LogP contribution in [0.25, 0.3) is 10.2 Å². The van der Waals surface area contributed by atoms with E-state index in [1.54, 1.807) is 6.07 Å². The molecule has 4 nitrogen and oxygen atoms in total. The van der Waals surface area contributed by atoms with E-state index in [0.717, 1.165) is 55.3 Å². The maximum atomic E-state index is 12.8. The number of hydrogen-bond donors (Lipinski definition) is 0. The number of alkyl halides is 3. The summed E-state index contributed by atoms with van der Waals surface area (Å²) in [5.74, 6) is 2.72. The lowest BCUT2D eigenvalue weighted by atomic mass is 9.88. The monoisotopic (exact) mass is 398 g/mol. The fourth-order valence-electron chi connectivity index (χ4n) is 4.53. The third kappa shape index (κ3) is 4.21. The molecule has 8 heteroatoms. The maximum Gasteiger partial charge on any atom is 0.393 e. The first-order valence-electron chi connectivity index (χ1n) is 9.56. The van der Waals surface area contributed by atoms with Gasteiger partial charge in [-0.1, -0.05) is 13.8 Å². The van der Waals surface area contributed by atoms with Crippen molar-refractivity contribution in [2.24, 2.45) is 17.8 Å². The van der Waals surface area contributed by atoms with Gasteiger partial charge >= 0.3 is 6.18 Å². The van der Waals surface area contributed by atoms with Gasteiger partial charge in [0.2, 0.25) is 0 Å². The second kappa shape index (κ2) is 7.20. The zero-order valence-electron chi connectivity index (χ0n) is 15.7. The normalized spacial score (nSPS) is 24.1. The van der Waals surface area contributed by atoms with E-state index in [4.69, 9.17) is 0 Å². The minimum Gasteiger partial charge on any atom is -0.355 e. The summed E-state index contributed by atoms with van der Waals surface area (Å²) in [6, 6.07) is 1.63. The molecular weight excluding hydrogens is 373 g/mol. The fourth-order valence-corrected chi connectivity index (χ4v) is 5.55. The zero-order chi connectivity index (χ0) is 19.2. The first-order valence-corrected chi connectivity index (χ1v) is 10.4. The highest BCUT2D eigenvalue weighted by atomic mass is 32.1. The number of thiophene rings is 1. The summed E-state index contributed by atoms with van der Waals surface area (Å²) in [4.78, 5) is 14.4. The number of aromatic nitrogens is 2. The number of likely N-dealkylation sites (tertiary alicyclic amines) is 1. The molecule has 0 unspecified atom stereocenters. The van der Waals surface area contributed by atoms with Crippen molar-refractivity contribution < 1.29 is 13.2 Å². The molecule has 4 rings (SSSR count). The largest absolute Gasteiger partial charge is 0.393 e. The van der Waals surface area contributed by atoms with E-state index in [1.807, 2.05) is 0 Å². The van der Waals surface area contributed by atoms with Crippen LogP contribution in [0.1, 0.15) is 25.1 Å². The molecule has 0 radical (unpaired) electrons. The summed E-state index contributed by atoms with van der Waals surface area (Å²) in [7, 11) is 0. The number of rotatable bonds is 4. The highest BCUT2D eigenvalue weighted by Crippen LogP contribution is 2.38. The molecule has 148 valence electrons. The number of halogens is 3. The summed E-state index contributed by atoms with van der Waals surface area (Å²) in [6.07, 6.45) is -2.43. The molecule has 0 saturated carbocycles. The molecule has 2 aromatic heterocycles. The Balaban J connectivity index is 1.53. The molecule has 2 aromatic rings. The first kappa shape index (κ1) is 18.9. The van der Waals surface area contributed by atoms with Crippen molar-refractivity contribution in [3.63, 3.8) is 0 Å². The van der Waals surface area contributed by atoms with Gasteiger partial charge in [0.1, 0.15) is 17.0 Å². The van der Waals surface area contributed by atoms with Crippen molar-refractivity contribution in [3.05, 3.63) is 17.3 Å². The molecule has 27 heavy (non-hydrogen) atoms. The Kier molecular flexibility index (Phi) is 5.05. The van der Waals surface area contributed by atoms with Gasteiger partial charge in [0.25, 0.3) is 0 Å². The number of piperidine rings is 1. The van der Waals surface area contributed by atoms with Crippen LogP contribution in [0.5, 0.6) is 0 Å². The van der Waals surface area contributed by atoms with Crippen LogP contribution in [-0.2, 0) is 6.42 Å². The van der Waals surface area contributed by atoms with Crippen molar-refractivity contribution in [1.29, 1.82) is 0 Å². The van der Waals surface area contributed by atoms with E-state index in [2.05, 4.69) is 33.6 Å². The third-order valence-corrected chi connectivity index (χ3v) is 6.59. The second-order valence-electron chi connectivity index (χ2n) is 8.29. The highest BCUT2D eigenvalue weighted by Gasteiger charge is 2.38. The standard InChI is InChI=1S/C19H25F3N4S/c1-12(2)7-25-4-3-13-9-26(10-14(13)8-25)17-16-5-15(6-19(20,21)22)27-18(16)24-11-23-17/h5,11-14H,3-4,6-10H2,1-2H3/t13-,14+/m0/s1. The van der Waals surface area contributed by atoms with Gasteiger partial charge < -0.3 is 9.80 Å². The van der Waals surface area contributed by atoms with Gasteiger partial charge in [-0.25, -0.2) is 9.97 Å². The lowest BCUT2D eigenvalue weighted by molar-refractivity contribution is -0.126. The molecule has 0 aromatic carbocycles. The number of hydrogen-bond acceptors (Lipinski definition) is 5. The second-order valence-corrected chi connectivity index (χ2v) is 9.40. The van der Waals surface area contributed by atoms with Crippen LogP contribution in [0, 0.1) is 17.8 Å². The van der Waals surface area contributed by atoms with Gasteiger partial charge in [-0.15, -0.1) is 11.3 Å². The Morgan fingerprint density at radius 2 is 1.96 bits per heavy atom. The Morgan fingerprint density at radius 3 is 2.70 bits per heavy atom. The van der Waals surface area contributed by atoms with Crippen LogP contribution in [0.15, 0.2) is 12.4 Å². The molecule has 0 N–H and O–H groups in total. The van der Waals surface area contributed by atoms with Crippen LogP contribution in [-0.4, -0.2) is 53.8 Å². The van der Waals surface area contributed by atoms with Crippen LogP contribution >= 0.6 is 11.3 Å². The third-order valence-electron chi connectivity index (χ3n) is 5.54. The molecular formula is C19H25F3N4S. The molecule has 0 amide bonds. The van der Waals surface area contributed by atoms with Gasteiger partial charge in [0, 0.05) is 31.1 Å². The van der Waals surface area contributed by atoms with Crippen molar-refractivity contribution in [1.82, 2.24) is 14.9 Å². The molecule has 2 aliphatic rings. The van der Waals surface area contributed by atoms with E-state index < -0.39 is 12.6 Å². The summed E-state index contributed by atoms with van der Waals surface area (Å²) in [5, 5.41) is 0.763. The predicted molar refractivity (Wildman–Crippen MR) is 102 cm³/mol.